The molecule has 5 nitrogen and oxygen atoms in total. The monoisotopic (exact) mass is 321 g/mol. The lowest BCUT2D eigenvalue weighted by atomic mass is 9.93. The normalized spacial score (nSPS) is 12.5. The lowest BCUT2D eigenvalue weighted by molar-refractivity contribution is -0.119. The highest BCUT2D eigenvalue weighted by Gasteiger charge is 2.23. The van der Waals surface area contributed by atoms with Crippen LogP contribution in [-0.4, -0.2) is 18.5 Å². The number of hydrogen-bond donors (Lipinski definition) is 1. The first kappa shape index (κ1) is 15.6. The van der Waals surface area contributed by atoms with E-state index >= 15 is 0 Å². The molecule has 2 aromatic carbocycles. The van der Waals surface area contributed by atoms with Crippen LogP contribution in [0, 0.1) is 6.92 Å². The average Bonchev–Trinajstić information content (AvgIpc) is 2.61. The molecule has 3 rings (SSSR count). The molecule has 0 bridgehead atoms. The molecule has 0 aromatic heterocycles. The minimum Gasteiger partial charge on any atom is -0.483 e. The summed E-state index contributed by atoms with van der Waals surface area (Å²) in [5.41, 5.74) is 8.45. The number of carbonyl (C=O) groups is 1. The Morgan fingerprint density at radius 3 is 2.62 bits per heavy atom. The topological polar surface area (TPSA) is 78.6 Å². The van der Waals surface area contributed by atoms with Gasteiger partial charge in [0.15, 0.2) is 12.5 Å². The number of carbonyl (C=O) groups excluding carboxylic acids is 2. The molecule has 1 aliphatic heterocycles. The average molecular weight is 321 g/mol. The van der Waals surface area contributed by atoms with Crippen LogP contribution in [0.15, 0.2) is 54.3 Å². The number of nitrogens with two attached hydrogens (primary N) is 1. The Balaban J connectivity index is 2.10. The number of benzene rings is 2. The van der Waals surface area contributed by atoms with Gasteiger partial charge >= 0.3 is 0 Å². The minimum absolute atomic E-state index is 0.0940. The summed E-state index contributed by atoms with van der Waals surface area (Å²) in [6, 6.07) is 13.3. The fourth-order valence-corrected chi connectivity index (χ4v) is 2.58. The molecule has 2 aromatic rings. The Bertz CT molecular complexity index is 878. The van der Waals surface area contributed by atoms with Gasteiger partial charge in [-0.1, -0.05) is 30.3 Å². The second-order valence-electron chi connectivity index (χ2n) is 5.31. The summed E-state index contributed by atoms with van der Waals surface area (Å²) >= 11 is 0. The van der Waals surface area contributed by atoms with E-state index in [1.165, 1.54) is 0 Å². The van der Waals surface area contributed by atoms with Crippen molar-refractivity contribution in [2.75, 3.05) is 6.61 Å². The largest absolute Gasteiger partial charge is 0.483 e. The van der Waals surface area contributed by atoms with Crippen LogP contribution < -0.4 is 15.2 Å². The Kier molecular flexibility index (Phi) is 4.18. The smallest absolute Gasteiger partial charge is 0.255 e. The van der Waals surface area contributed by atoms with Crippen LogP contribution in [0.25, 0.3) is 5.57 Å². The van der Waals surface area contributed by atoms with Crippen molar-refractivity contribution in [3.63, 3.8) is 0 Å². The number of rotatable bonds is 4. The van der Waals surface area contributed by atoms with Gasteiger partial charge in [0.1, 0.15) is 11.5 Å². The van der Waals surface area contributed by atoms with Crippen molar-refractivity contribution < 1.29 is 19.1 Å². The number of ether oxygens (including phenoxy) is 2. The van der Waals surface area contributed by atoms with E-state index in [1.807, 2.05) is 36.4 Å². The lowest BCUT2D eigenvalue weighted by Gasteiger charge is -2.22. The number of allylic oxidation sites excluding steroid dienone is 1. The number of amides is 1. The molecule has 24 heavy (non-hydrogen) atoms. The molecule has 2 N–H and O–H groups in total. The highest BCUT2D eigenvalue weighted by atomic mass is 16.5. The second-order valence-corrected chi connectivity index (χ2v) is 5.31. The molecule has 0 saturated heterocycles. The first-order valence-corrected chi connectivity index (χ1v) is 7.35. The Morgan fingerprint density at radius 1 is 1.21 bits per heavy atom. The Labute approximate surface area is 139 Å². The van der Waals surface area contributed by atoms with Gasteiger partial charge in [0.05, 0.1) is 0 Å². The molecule has 1 amide bonds. The summed E-state index contributed by atoms with van der Waals surface area (Å²) in [5, 5.41) is 0. The van der Waals surface area contributed by atoms with E-state index in [-0.39, 0.29) is 12.4 Å². The zero-order valence-electron chi connectivity index (χ0n) is 13.0. The van der Waals surface area contributed by atoms with Crippen LogP contribution in [-0.2, 0) is 9.59 Å². The van der Waals surface area contributed by atoms with Gasteiger partial charge in [0.2, 0.25) is 5.76 Å². The first-order valence-electron chi connectivity index (χ1n) is 7.35. The van der Waals surface area contributed by atoms with Gasteiger partial charge in [-0.15, -0.1) is 0 Å². The van der Waals surface area contributed by atoms with Gasteiger partial charge < -0.3 is 15.2 Å². The van der Waals surface area contributed by atoms with E-state index in [1.54, 1.807) is 25.0 Å². The zero-order valence-corrected chi connectivity index (χ0v) is 13.0. The van der Waals surface area contributed by atoms with E-state index in [9.17, 15) is 9.59 Å². The third kappa shape index (κ3) is 2.93. The van der Waals surface area contributed by atoms with Crippen molar-refractivity contribution in [3.8, 4) is 11.5 Å². The van der Waals surface area contributed by atoms with E-state index in [0.717, 1.165) is 16.7 Å². The summed E-state index contributed by atoms with van der Waals surface area (Å²) < 4.78 is 11.0. The summed E-state index contributed by atoms with van der Waals surface area (Å²) in [4.78, 5) is 22.0. The maximum absolute atomic E-state index is 11.1. The number of fused-ring (bicyclic) bond motifs is 1. The number of primary amides is 1. The molecule has 0 fully saturated rings. The van der Waals surface area contributed by atoms with Crippen molar-refractivity contribution in [2.24, 2.45) is 5.73 Å². The molecular formula is C19H15NO4. The molecule has 1 heterocycles. The standard InChI is InChI=1S/C19H15NO4/c1-12-17(23-11-18(20)22)8-7-15-16(13-5-3-2-4-6-13)9-14(10-21)24-19(12)15/h2-9H,11H2,1H3,(H2,20,22). The van der Waals surface area contributed by atoms with Crippen LogP contribution in [0.2, 0.25) is 0 Å². The Hall–Kier alpha value is -3.30. The highest BCUT2D eigenvalue weighted by molar-refractivity contribution is 5.88. The van der Waals surface area contributed by atoms with Gasteiger partial charge in [0.25, 0.3) is 5.91 Å². The van der Waals surface area contributed by atoms with Crippen molar-refractivity contribution in [3.05, 3.63) is 71.0 Å². The summed E-state index contributed by atoms with van der Waals surface area (Å²) in [5.74, 6) is 2.31. The molecule has 0 spiro atoms. The second kappa shape index (κ2) is 6.44. The summed E-state index contributed by atoms with van der Waals surface area (Å²) in [6.45, 7) is 1.57. The predicted octanol–water partition coefficient (Wildman–Crippen LogP) is 2.40. The van der Waals surface area contributed by atoms with Crippen LogP contribution >= 0.6 is 0 Å². The van der Waals surface area contributed by atoms with Crippen molar-refractivity contribution in [2.45, 2.75) is 6.92 Å². The summed E-state index contributed by atoms with van der Waals surface area (Å²) in [7, 11) is 0. The molecule has 0 aliphatic carbocycles. The maximum Gasteiger partial charge on any atom is 0.255 e. The highest BCUT2D eigenvalue weighted by Crippen LogP contribution is 2.41. The van der Waals surface area contributed by atoms with Gasteiger partial charge in [-0.05, 0) is 30.2 Å². The minimum atomic E-state index is -0.564. The van der Waals surface area contributed by atoms with Gasteiger partial charge in [-0.25, -0.2) is 4.79 Å². The summed E-state index contributed by atoms with van der Waals surface area (Å²) in [6.07, 6.45) is 1.66. The van der Waals surface area contributed by atoms with Crippen LogP contribution in [0.5, 0.6) is 11.5 Å². The van der Waals surface area contributed by atoms with Crippen LogP contribution in [0.1, 0.15) is 16.7 Å². The Morgan fingerprint density at radius 2 is 1.96 bits per heavy atom. The molecule has 0 unspecified atom stereocenters. The van der Waals surface area contributed by atoms with E-state index in [2.05, 4.69) is 0 Å². The third-order valence-electron chi connectivity index (χ3n) is 3.69. The molecule has 0 atom stereocenters. The molecular weight excluding hydrogens is 306 g/mol. The quantitative estimate of drug-likeness (QED) is 0.877. The van der Waals surface area contributed by atoms with E-state index < -0.39 is 5.91 Å². The van der Waals surface area contributed by atoms with Crippen LogP contribution in [0.3, 0.4) is 0 Å². The SMILES string of the molecule is Cc1c(OCC(N)=O)ccc2c1OC(=C=O)C=C2c1ccccc1. The zero-order chi connectivity index (χ0) is 17.1. The fraction of sp³-hybridized carbons (Fsp3) is 0.105. The van der Waals surface area contributed by atoms with Gasteiger partial charge in [0, 0.05) is 17.2 Å². The fourth-order valence-electron chi connectivity index (χ4n) is 2.58. The van der Waals surface area contributed by atoms with E-state index in [0.29, 0.717) is 17.1 Å². The van der Waals surface area contributed by atoms with Crippen molar-refractivity contribution in [1.29, 1.82) is 0 Å². The molecule has 0 saturated carbocycles. The number of hydrogen-bond acceptors (Lipinski definition) is 4. The molecule has 0 radical (unpaired) electrons. The lowest BCUT2D eigenvalue weighted by Crippen LogP contribution is -2.20. The van der Waals surface area contributed by atoms with Gasteiger partial charge in [-0.3, -0.25) is 4.79 Å². The third-order valence-corrected chi connectivity index (χ3v) is 3.69. The van der Waals surface area contributed by atoms with E-state index in [4.69, 9.17) is 15.2 Å². The molecule has 5 heteroatoms. The van der Waals surface area contributed by atoms with Crippen molar-refractivity contribution >= 4 is 17.4 Å². The predicted molar refractivity (Wildman–Crippen MR) is 89.2 cm³/mol. The molecule has 1 aliphatic rings. The van der Waals surface area contributed by atoms with Crippen LogP contribution in [0.4, 0.5) is 0 Å². The molecule has 120 valence electrons. The maximum atomic E-state index is 11.1. The van der Waals surface area contributed by atoms with Gasteiger partial charge in [-0.2, -0.15) is 0 Å². The van der Waals surface area contributed by atoms with Crippen molar-refractivity contribution in [1.82, 2.24) is 0 Å². The first-order chi connectivity index (χ1) is 11.6.